The summed E-state index contributed by atoms with van der Waals surface area (Å²) in [5, 5.41) is 4.19. The third-order valence-corrected chi connectivity index (χ3v) is 10.3. The van der Waals surface area contributed by atoms with Crippen LogP contribution in [-0.4, -0.2) is 24.0 Å². The number of anilines is 1. The molecule has 0 saturated carbocycles. The van der Waals surface area contributed by atoms with Gasteiger partial charge in [-0.2, -0.15) is 0 Å². The van der Waals surface area contributed by atoms with Gasteiger partial charge in [0.15, 0.2) is 0 Å². The predicted molar refractivity (Wildman–Crippen MR) is 202 cm³/mol. The van der Waals surface area contributed by atoms with Crippen LogP contribution in [0.25, 0.3) is 0 Å². The van der Waals surface area contributed by atoms with Crippen molar-refractivity contribution >= 4 is 58.5 Å². The van der Waals surface area contributed by atoms with E-state index in [1.165, 1.54) is 60.7 Å². The van der Waals surface area contributed by atoms with E-state index >= 15 is 0 Å². The Morgan fingerprint density at radius 1 is 0.617 bits per heavy atom. The maximum Gasteiger partial charge on any atom is 0 e. The van der Waals surface area contributed by atoms with Gasteiger partial charge in [0.1, 0.15) is 0 Å². The second-order valence-corrected chi connectivity index (χ2v) is 13.8. The fourth-order valence-corrected chi connectivity index (χ4v) is 8.64. The van der Waals surface area contributed by atoms with Gasteiger partial charge in [-0.05, 0) is 65.4 Å². The van der Waals surface area contributed by atoms with E-state index < -0.39 is 7.92 Å². The third-order valence-electron chi connectivity index (χ3n) is 7.86. The first-order valence-corrected chi connectivity index (χ1v) is 16.8. The van der Waals surface area contributed by atoms with E-state index in [1.54, 1.807) is 0 Å². The largest absolute Gasteiger partial charge is 0.0622 e. The van der Waals surface area contributed by atoms with Crippen LogP contribution in [0.4, 0.5) is 11.4 Å². The molecule has 0 aliphatic carbocycles. The van der Waals surface area contributed by atoms with Crippen molar-refractivity contribution in [1.82, 2.24) is 0 Å². The van der Waals surface area contributed by atoms with E-state index in [9.17, 15) is 0 Å². The van der Waals surface area contributed by atoms with Crippen molar-refractivity contribution in [2.45, 2.75) is 48.0 Å². The second-order valence-electron chi connectivity index (χ2n) is 11.6. The van der Waals surface area contributed by atoms with Gasteiger partial charge < -0.3 is 9.48 Å². The third kappa shape index (κ3) is 10.4. The zero-order valence-corrected chi connectivity index (χ0v) is 32.3. The number of nitrogens with zero attached hydrogens (tertiary/aromatic N) is 2. The number of benzene rings is 5. The average molecular weight is 795 g/mol. The van der Waals surface area contributed by atoms with Crippen LogP contribution < -0.4 is 20.8 Å². The smallest absolute Gasteiger partial charge is 0 e. The Morgan fingerprint density at radius 3 is 1.36 bits per heavy atom. The van der Waals surface area contributed by atoms with Gasteiger partial charge in [-0.15, -0.1) is 17.0 Å². The van der Waals surface area contributed by atoms with E-state index in [-0.39, 0.29) is 36.5 Å². The van der Waals surface area contributed by atoms with Crippen LogP contribution in [0.1, 0.15) is 39.8 Å². The van der Waals surface area contributed by atoms with Crippen molar-refractivity contribution in [3.63, 3.8) is 0 Å². The zero-order chi connectivity index (χ0) is 32.3. The fourth-order valence-electron chi connectivity index (χ4n) is 6.33. The molecule has 6 heteroatoms. The van der Waals surface area contributed by atoms with Crippen molar-refractivity contribution in [3.8, 4) is 0 Å². The van der Waals surface area contributed by atoms with Gasteiger partial charge in [0, 0.05) is 37.3 Å². The normalized spacial score (nSPS) is 11.9. The SMILES string of the molecule is Br.Cc1cc(C)c(N2[C-]=[N+](c3c(C)cc(C)cc3C)CCC2)c(C)c1.[C-]#[O+].[Rh].c1ccc(P(c2ccccc2)c2ccccc2)cc1. The average Bonchev–Trinajstić information content (AvgIpc) is 3.03. The molecule has 0 saturated heterocycles. The maximum absolute atomic E-state index is 7.50. The first-order chi connectivity index (χ1) is 21.8. The van der Waals surface area contributed by atoms with Crippen LogP contribution in [-0.2, 0) is 24.1 Å². The summed E-state index contributed by atoms with van der Waals surface area (Å²) < 4.78 is 9.81. The van der Waals surface area contributed by atoms with E-state index in [2.05, 4.69) is 179 Å². The topological polar surface area (TPSA) is 26.1 Å². The molecule has 0 amide bonds. The van der Waals surface area contributed by atoms with Crippen molar-refractivity contribution in [1.29, 1.82) is 0 Å². The molecule has 0 spiro atoms. The van der Waals surface area contributed by atoms with Crippen molar-refractivity contribution < 1.29 is 28.7 Å². The maximum atomic E-state index is 7.50. The Balaban J connectivity index is 0.000000304. The molecule has 1 heterocycles. The summed E-state index contributed by atoms with van der Waals surface area (Å²) in [7, 11) is -0.446. The van der Waals surface area contributed by atoms with Crippen LogP contribution in [0.15, 0.2) is 115 Å². The first kappa shape index (κ1) is 40.0. The van der Waals surface area contributed by atoms with Crippen molar-refractivity contribution in [2.75, 3.05) is 18.0 Å². The summed E-state index contributed by atoms with van der Waals surface area (Å²) in [6.07, 6.45) is 4.80. The van der Waals surface area contributed by atoms with E-state index in [1.807, 2.05) is 0 Å². The summed E-state index contributed by atoms with van der Waals surface area (Å²) in [5.74, 6) is 0. The molecule has 0 N–H and O–H groups in total. The van der Waals surface area contributed by atoms with E-state index in [4.69, 9.17) is 4.65 Å². The molecule has 0 atom stereocenters. The van der Waals surface area contributed by atoms with Gasteiger partial charge in [-0.3, -0.25) is 0 Å². The Morgan fingerprint density at radius 2 is 0.979 bits per heavy atom. The Kier molecular flexibility index (Phi) is 16.7. The summed E-state index contributed by atoms with van der Waals surface area (Å²) in [5.41, 5.74) is 10.6. The molecule has 6 rings (SSSR count). The Labute approximate surface area is 306 Å². The molecule has 0 fully saturated rings. The summed E-state index contributed by atoms with van der Waals surface area (Å²) in [6, 6.07) is 41.4. The summed E-state index contributed by atoms with van der Waals surface area (Å²) in [4.78, 5) is 2.31. The molecule has 47 heavy (non-hydrogen) atoms. The minimum Gasteiger partial charge on any atom is -0.0622 e. The number of halogens is 1. The van der Waals surface area contributed by atoms with Crippen LogP contribution in [0.5, 0.6) is 0 Å². The number of rotatable bonds is 5. The Bertz CT molecular complexity index is 1620. The van der Waals surface area contributed by atoms with Crippen LogP contribution in [0, 0.1) is 48.2 Å². The van der Waals surface area contributed by atoms with Crippen molar-refractivity contribution in [3.05, 3.63) is 155 Å². The summed E-state index contributed by atoms with van der Waals surface area (Å²) in [6.45, 7) is 19.7. The second kappa shape index (κ2) is 19.6. The van der Waals surface area contributed by atoms with Gasteiger partial charge in [-0.1, -0.05) is 149 Å². The van der Waals surface area contributed by atoms with E-state index in [0.29, 0.717) is 0 Å². The van der Waals surface area contributed by atoms with Gasteiger partial charge in [0.2, 0.25) is 6.34 Å². The minimum absolute atomic E-state index is 0. The summed E-state index contributed by atoms with van der Waals surface area (Å²) >= 11 is 0. The van der Waals surface area contributed by atoms with Gasteiger partial charge in [0.25, 0.3) is 0 Å². The molecule has 1 radical (unpaired) electrons. The molecule has 5 aromatic carbocycles. The fraction of sp³-hybridized carbons (Fsp3) is 0.220. The van der Waals surface area contributed by atoms with Crippen LogP contribution in [0.3, 0.4) is 0 Å². The minimum atomic E-state index is -0.446. The van der Waals surface area contributed by atoms with Crippen molar-refractivity contribution in [2.24, 2.45) is 0 Å². The molecule has 245 valence electrons. The van der Waals surface area contributed by atoms with Crippen LogP contribution >= 0.6 is 24.9 Å². The molecular weight excluding hydrogens is 750 g/mol. The number of hydrogen-bond donors (Lipinski definition) is 0. The molecule has 0 bridgehead atoms. The zero-order valence-electron chi connectivity index (χ0n) is 28.1. The molecule has 3 nitrogen and oxygen atoms in total. The van der Waals surface area contributed by atoms with Gasteiger partial charge in [-0.25, -0.2) is 0 Å². The quantitative estimate of drug-likeness (QED) is 0.0574. The molecule has 1 aliphatic rings. The molecule has 0 unspecified atom stereocenters. The van der Waals surface area contributed by atoms with Gasteiger partial charge >= 0.3 is 11.3 Å². The molecule has 1 aliphatic heterocycles. The predicted octanol–water partition coefficient (Wildman–Crippen LogP) is 8.98. The Hall–Kier alpha value is -3.16. The first-order valence-electron chi connectivity index (χ1n) is 15.4. The monoisotopic (exact) mass is 793 g/mol. The molecular formula is C41H44BrN2OPRh. The van der Waals surface area contributed by atoms with E-state index in [0.717, 1.165) is 19.5 Å². The van der Waals surface area contributed by atoms with Crippen LogP contribution in [0.2, 0.25) is 0 Å². The molecule has 5 aromatic rings. The number of aryl methyl sites for hydroxylation is 6. The van der Waals surface area contributed by atoms with Gasteiger partial charge in [0.05, 0.1) is 13.1 Å². The standard InChI is InChI=1S/C22H28N2.C18H15P.CO.BrH.Rh/c1-15-10-17(3)21(18(4)11-15)23-8-7-9-24(14-23)22-19(5)12-16(2)13-20(22)6;1-4-10-16(11-5-1)19(17-12-6-2-7-13-17)18-14-8-3-9-15-18;1-2;;/h10-13H,7-9H2,1-6H3;1-15H;;1H;. The number of hydrogen-bond acceptors (Lipinski definition) is 1. The molecule has 0 aromatic heterocycles.